The molecular weight excluding hydrogens is 364 g/mol. The zero-order valence-electron chi connectivity index (χ0n) is 16.8. The molecule has 148 valence electrons. The van der Waals surface area contributed by atoms with E-state index in [0.717, 1.165) is 28.0 Å². The van der Waals surface area contributed by atoms with Crippen molar-refractivity contribution in [3.8, 4) is 5.69 Å². The van der Waals surface area contributed by atoms with Gasteiger partial charge in [0.15, 0.2) is 5.58 Å². The second-order valence-electron chi connectivity index (χ2n) is 8.13. The van der Waals surface area contributed by atoms with Gasteiger partial charge in [0.05, 0.1) is 11.9 Å². The van der Waals surface area contributed by atoms with E-state index in [4.69, 9.17) is 4.42 Å². The van der Waals surface area contributed by atoms with Gasteiger partial charge >= 0.3 is 0 Å². The minimum atomic E-state index is -0.160. The first-order valence-corrected chi connectivity index (χ1v) is 9.68. The number of carbonyl (C=O) groups excluding carboxylic acids is 1. The Morgan fingerprint density at radius 1 is 1.14 bits per heavy atom. The topological polar surface area (TPSA) is 73.0 Å². The first-order chi connectivity index (χ1) is 13.9. The quantitative estimate of drug-likeness (QED) is 0.529. The minimum absolute atomic E-state index is 0.0450. The fourth-order valence-corrected chi connectivity index (χ4v) is 3.02. The molecule has 2 aromatic heterocycles. The zero-order chi connectivity index (χ0) is 20.4. The molecule has 0 saturated heterocycles. The van der Waals surface area contributed by atoms with Crippen LogP contribution in [0.15, 0.2) is 65.3 Å². The molecule has 4 aromatic rings. The summed E-state index contributed by atoms with van der Waals surface area (Å²) >= 11 is 0. The number of amides is 1. The number of nitrogens with zero attached hydrogens (tertiary/aromatic N) is 3. The highest BCUT2D eigenvalue weighted by Gasteiger charge is 2.21. The summed E-state index contributed by atoms with van der Waals surface area (Å²) in [6, 6.07) is 15.4. The van der Waals surface area contributed by atoms with Gasteiger partial charge in [0.2, 0.25) is 11.8 Å². The van der Waals surface area contributed by atoms with Crippen molar-refractivity contribution in [2.24, 2.45) is 0 Å². The number of hydrogen-bond acceptors (Lipinski definition) is 4. The van der Waals surface area contributed by atoms with Crippen molar-refractivity contribution >= 4 is 22.7 Å². The van der Waals surface area contributed by atoms with Crippen LogP contribution in [0.3, 0.4) is 0 Å². The molecule has 2 heterocycles. The monoisotopic (exact) mass is 388 g/mol. The first-order valence-electron chi connectivity index (χ1n) is 9.68. The zero-order valence-corrected chi connectivity index (χ0v) is 16.8. The van der Waals surface area contributed by atoms with Crippen LogP contribution >= 0.6 is 0 Å². The van der Waals surface area contributed by atoms with Crippen LogP contribution in [0.1, 0.15) is 38.6 Å². The van der Waals surface area contributed by atoms with Gasteiger partial charge < -0.3 is 9.73 Å². The molecule has 0 atom stereocenters. The molecule has 0 spiro atoms. The molecule has 2 aromatic carbocycles. The molecule has 0 aliphatic heterocycles. The number of nitrogens with one attached hydrogen (secondary N) is 1. The highest BCUT2D eigenvalue weighted by atomic mass is 16.3. The molecule has 0 radical (unpaired) electrons. The molecule has 0 fully saturated rings. The Balaban J connectivity index is 1.38. The van der Waals surface area contributed by atoms with Crippen LogP contribution < -0.4 is 5.32 Å². The minimum Gasteiger partial charge on any atom is -0.440 e. The summed E-state index contributed by atoms with van der Waals surface area (Å²) < 4.78 is 7.62. The van der Waals surface area contributed by atoms with Gasteiger partial charge in [-0.2, -0.15) is 5.10 Å². The summed E-state index contributed by atoms with van der Waals surface area (Å²) in [5.41, 5.74) is 4.05. The Labute approximate surface area is 169 Å². The first kappa shape index (κ1) is 18.9. The third-order valence-corrected chi connectivity index (χ3v) is 4.61. The average Bonchev–Trinajstić information content (AvgIpc) is 3.33. The standard InChI is InChI=1S/C23H24N4O2/c1-23(2,3)22-26-19-13-17(10-11-20(19)29-22)25-21(28)12-9-16-14-24-27(15-16)18-7-5-4-6-8-18/h4-8,10-11,13-15H,9,12H2,1-3H3,(H,25,28). The summed E-state index contributed by atoms with van der Waals surface area (Å²) in [6.07, 6.45) is 4.76. The Bertz CT molecular complexity index is 1140. The Morgan fingerprint density at radius 2 is 1.93 bits per heavy atom. The van der Waals surface area contributed by atoms with Gasteiger partial charge in [-0.3, -0.25) is 4.79 Å². The van der Waals surface area contributed by atoms with Gasteiger partial charge in [-0.1, -0.05) is 39.0 Å². The number of oxazole rings is 1. The van der Waals surface area contributed by atoms with Crippen molar-refractivity contribution in [3.63, 3.8) is 0 Å². The third-order valence-electron chi connectivity index (χ3n) is 4.61. The number of hydrogen-bond donors (Lipinski definition) is 1. The van der Waals surface area contributed by atoms with Crippen LogP contribution in [-0.2, 0) is 16.6 Å². The van der Waals surface area contributed by atoms with E-state index in [9.17, 15) is 4.79 Å². The summed E-state index contributed by atoms with van der Waals surface area (Å²) in [5.74, 6) is 0.641. The van der Waals surface area contributed by atoms with Crippen LogP contribution in [0.5, 0.6) is 0 Å². The Hall–Kier alpha value is -3.41. The van der Waals surface area contributed by atoms with E-state index in [1.165, 1.54) is 0 Å². The van der Waals surface area contributed by atoms with Gasteiger partial charge in [0.25, 0.3) is 0 Å². The number of para-hydroxylation sites is 1. The number of fused-ring (bicyclic) bond motifs is 1. The van der Waals surface area contributed by atoms with Gasteiger partial charge in [0.1, 0.15) is 5.52 Å². The maximum atomic E-state index is 12.4. The molecular formula is C23H24N4O2. The van der Waals surface area contributed by atoms with Gasteiger partial charge in [0, 0.05) is 23.7 Å². The molecule has 6 heteroatoms. The lowest BCUT2D eigenvalue weighted by Crippen LogP contribution is -2.12. The van der Waals surface area contributed by atoms with E-state index in [1.807, 2.05) is 59.4 Å². The highest BCUT2D eigenvalue weighted by molar-refractivity contribution is 5.92. The van der Waals surface area contributed by atoms with Crippen LogP contribution in [-0.4, -0.2) is 20.7 Å². The van der Waals surface area contributed by atoms with E-state index in [-0.39, 0.29) is 11.3 Å². The molecule has 0 aliphatic carbocycles. The molecule has 0 unspecified atom stereocenters. The van der Waals surface area contributed by atoms with Crippen molar-refractivity contribution in [2.75, 3.05) is 5.32 Å². The summed E-state index contributed by atoms with van der Waals surface area (Å²) in [4.78, 5) is 16.9. The van der Waals surface area contributed by atoms with Crippen LogP contribution in [0, 0.1) is 0 Å². The van der Waals surface area contributed by atoms with Gasteiger partial charge in [-0.05, 0) is 42.3 Å². The molecule has 1 amide bonds. The summed E-state index contributed by atoms with van der Waals surface area (Å²) in [7, 11) is 0. The van der Waals surface area contributed by atoms with Crippen molar-refractivity contribution < 1.29 is 9.21 Å². The molecule has 29 heavy (non-hydrogen) atoms. The highest BCUT2D eigenvalue weighted by Crippen LogP contribution is 2.27. The molecule has 6 nitrogen and oxygen atoms in total. The number of anilines is 1. The Morgan fingerprint density at radius 3 is 2.69 bits per heavy atom. The van der Waals surface area contributed by atoms with E-state index in [1.54, 1.807) is 6.20 Å². The predicted molar refractivity (Wildman–Crippen MR) is 113 cm³/mol. The molecule has 0 aliphatic rings. The van der Waals surface area contributed by atoms with Crippen molar-refractivity contribution in [2.45, 2.75) is 39.0 Å². The molecule has 4 rings (SSSR count). The second-order valence-corrected chi connectivity index (χ2v) is 8.13. The number of rotatable bonds is 5. The predicted octanol–water partition coefficient (Wildman–Crippen LogP) is 4.88. The summed E-state index contributed by atoms with van der Waals surface area (Å²) in [5, 5.41) is 7.31. The normalized spacial score (nSPS) is 11.7. The molecule has 1 N–H and O–H groups in total. The lowest BCUT2D eigenvalue weighted by Gasteiger charge is -2.11. The van der Waals surface area contributed by atoms with Gasteiger partial charge in [-0.15, -0.1) is 0 Å². The van der Waals surface area contributed by atoms with E-state index in [2.05, 4.69) is 36.2 Å². The average molecular weight is 388 g/mol. The second kappa shape index (κ2) is 7.54. The largest absolute Gasteiger partial charge is 0.440 e. The fourth-order valence-electron chi connectivity index (χ4n) is 3.02. The SMILES string of the molecule is CC(C)(C)c1nc2cc(NC(=O)CCc3cnn(-c4ccccc4)c3)ccc2o1. The Kier molecular flexibility index (Phi) is 4.92. The number of carbonyl (C=O) groups is 1. The number of aromatic nitrogens is 3. The third kappa shape index (κ3) is 4.37. The lowest BCUT2D eigenvalue weighted by molar-refractivity contribution is -0.116. The van der Waals surface area contributed by atoms with Crippen molar-refractivity contribution in [3.05, 3.63) is 72.4 Å². The van der Waals surface area contributed by atoms with Crippen LogP contribution in [0.2, 0.25) is 0 Å². The van der Waals surface area contributed by atoms with Crippen molar-refractivity contribution in [1.29, 1.82) is 0 Å². The van der Waals surface area contributed by atoms with Crippen LogP contribution in [0.25, 0.3) is 16.8 Å². The number of benzene rings is 2. The van der Waals surface area contributed by atoms with E-state index in [0.29, 0.717) is 18.7 Å². The van der Waals surface area contributed by atoms with E-state index >= 15 is 0 Å². The van der Waals surface area contributed by atoms with E-state index < -0.39 is 0 Å². The van der Waals surface area contributed by atoms with Gasteiger partial charge in [-0.25, -0.2) is 9.67 Å². The van der Waals surface area contributed by atoms with Crippen LogP contribution in [0.4, 0.5) is 5.69 Å². The van der Waals surface area contributed by atoms with Crippen molar-refractivity contribution in [1.82, 2.24) is 14.8 Å². The molecule has 0 bridgehead atoms. The number of aryl methyl sites for hydroxylation is 1. The lowest BCUT2D eigenvalue weighted by atomic mass is 9.97. The maximum Gasteiger partial charge on any atom is 0.224 e. The molecule has 0 saturated carbocycles. The smallest absolute Gasteiger partial charge is 0.224 e. The maximum absolute atomic E-state index is 12.4. The summed E-state index contributed by atoms with van der Waals surface area (Å²) in [6.45, 7) is 6.17. The fraction of sp³-hybridized carbons (Fsp3) is 0.261.